The Balaban J connectivity index is 0.00000320. The van der Waals surface area contributed by atoms with Crippen molar-refractivity contribution >= 4 is 23.7 Å². The highest BCUT2D eigenvalue weighted by atomic mass is 35.5. The van der Waals surface area contributed by atoms with E-state index in [1.165, 1.54) is 15.6 Å². The average molecular weight is 455 g/mol. The van der Waals surface area contributed by atoms with Gasteiger partial charge in [0.25, 0.3) is 0 Å². The van der Waals surface area contributed by atoms with Crippen molar-refractivity contribution in [3.63, 3.8) is 0 Å². The summed E-state index contributed by atoms with van der Waals surface area (Å²) in [4.78, 5) is 14.5. The van der Waals surface area contributed by atoms with Gasteiger partial charge in [-0.15, -0.1) is 23.7 Å². The second-order valence-corrected chi connectivity index (χ2v) is 7.47. The van der Waals surface area contributed by atoms with Crippen molar-refractivity contribution < 1.29 is 13.9 Å². The molecule has 0 aliphatic heterocycles. The average Bonchev–Trinajstić information content (AvgIpc) is 3.35. The lowest BCUT2D eigenvalue weighted by atomic mass is 10.2. The van der Waals surface area contributed by atoms with Crippen LogP contribution in [0.1, 0.15) is 4.88 Å². The molecule has 0 aliphatic rings. The van der Waals surface area contributed by atoms with Gasteiger partial charge in [0.1, 0.15) is 18.7 Å². The maximum Gasteiger partial charge on any atom is 0.346 e. The number of methoxy groups -OCH3 is 1. The normalized spacial score (nSPS) is 11.4. The van der Waals surface area contributed by atoms with Crippen LogP contribution in [0.25, 0.3) is 10.4 Å². The second-order valence-electron chi connectivity index (χ2n) is 6.30. The number of hydrogen-bond acceptors (Lipinski definition) is 6. The first-order valence-corrected chi connectivity index (χ1v) is 9.87. The number of hydrogen-bond donors (Lipinski definition) is 1. The van der Waals surface area contributed by atoms with Crippen molar-refractivity contribution in [1.29, 1.82) is 0 Å². The number of nitrogens with zero attached hydrogens (tertiary/aromatic N) is 3. The third kappa shape index (κ3) is 6.02. The summed E-state index contributed by atoms with van der Waals surface area (Å²) in [6.07, 6.45) is 1.88. The predicted molar refractivity (Wildman–Crippen MR) is 118 cm³/mol. The molecule has 2 heterocycles. The largest absolute Gasteiger partial charge is 0.491 e. The van der Waals surface area contributed by atoms with Gasteiger partial charge in [-0.3, -0.25) is 4.57 Å². The quantitative estimate of drug-likeness (QED) is 0.476. The van der Waals surface area contributed by atoms with Crippen molar-refractivity contribution in [3.05, 3.63) is 70.0 Å². The summed E-state index contributed by atoms with van der Waals surface area (Å²) in [6.45, 7) is 1.55. The molecule has 0 saturated carbocycles. The van der Waals surface area contributed by atoms with E-state index in [1.807, 2.05) is 36.4 Å². The Labute approximate surface area is 183 Å². The molecule has 0 amide bonds. The van der Waals surface area contributed by atoms with E-state index in [4.69, 9.17) is 15.2 Å². The molecule has 7 nitrogen and oxygen atoms in total. The number of rotatable bonds is 10. The molecule has 0 atom stereocenters. The van der Waals surface area contributed by atoms with Crippen LogP contribution in [0, 0.1) is 0 Å². The zero-order valence-electron chi connectivity index (χ0n) is 16.5. The van der Waals surface area contributed by atoms with Crippen LogP contribution in [0.3, 0.4) is 0 Å². The lowest BCUT2D eigenvalue weighted by molar-refractivity contribution is 0.146. The SMILES string of the molecule is COCCOc1ccc(-c2ccc(Cn3cnn(C/C(=C/F)CN)c3=O)s2)cc1.Cl. The third-order valence-electron chi connectivity index (χ3n) is 4.25. The minimum absolute atomic E-state index is 0. The maximum absolute atomic E-state index is 12.7. The van der Waals surface area contributed by atoms with Gasteiger partial charge < -0.3 is 15.2 Å². The van der Waals surface area contributed by atoms with E-state index in [9.17, 15) is 9.18 Å². The highest BCUT2D eigenvalue weighted by Gasteiger charge is 2.10. The lowest BCUT2D eigenvalue weighted by Crippen LogP contribution is -2.26. The molecule has 3 rings (SSSR count). The second kappa shape index (κ2) is 11.7. The highest BCUT2D eigenvalue weighted by molar-refractivity contribution is 7.15. The van der Waals surface area contributed by atoms with Crippen molar-refractivity contribution in [2.75, 3.05) is 26.9 Å². The van der Waals surface area contributed by atoms with Gasteiger partial charge in [-0.25, -0.2) is 13.9 Å². The van der Waals surface area contributed by atoms with E-state index in [0.29, 0.717) is 31.7 Å². The van der Waals surface area contributed by atoms with Crippen LogP contribution >= 0.6 is 23.7 Å². The van der Waals surface area contributed by atoms with Crippen molar-refractivity contribution in [2.24, 2.45) is 5.73 Å². The Morgan fingerprint density at radius 2 is 2.00 bits per heavy atom. The molecule has 0 radical (unpaired) electrons. The molecule has 2 N–H and O–H groups in total. The lowest BCUT2D eigenvalue weighted by Gasteiger charge is -2.06. The topological polar surface area (TPSA) is 84.3 Å². The van der Waals surface area contributed by atoms with Crippen LogP contribution in [0.2, 0.25) is 0 Å². The van der Waals surface area contributed by atoms with Gasteiger partial charge in [-0.1, -0.05) is 0 Å². The molecule has 30 heavy (non-hydrogen) atoms. The van der Waals surface area contributed by atoms with Crippen LogP contribution in [-0.4, -0.2) is 41.2 Å². The molecule has 0 saturated heterocycles. The standard InChI is InChI=1S/C20H23FN4O3S.ClH/c1-27-8-9-28-17-4-2-16(3-5-17)19-7-6-18(29-19)13-24-14-23-25(20(24)26)12-15(10-21)11-22;/h2-7,10,14H,8-9,11-13,22H2,1H3;1H/b15-10+;. The Morgan fingerprint density at radius 3 is 2.67 bits per heavy atom. The Morgan fingerprint density at radius 1 is 1.23 bits per heavy atom. The first-order chi connectivity index (χ1) is 14.1. The van der Waals surface area contributed by atoms with E-state index in [0.717, 1.165) is 21.1 Å². The molecule has 3 aromatic rings. The van der Waals surface area contributed by atoms with Crippen LogP contribution in [0.5, 0.6) is 5.75 Å². The smallest absolute Gasteiger partial charge is 0.346 e. The molecular formula is C20H24ClFN4O3S. The van der Waals surface area contributed by atoms with E-state index >= 15 is 0 Å². The van der Waals surface area contributed by atoms with Gasteiger partial charge in [0.05, 0.1) is 26.0 Å². The zero-order chi connectivity index (χ0) is 20.6. The summed E-state index contributed by atoms with van der Waals surface area (Å²) < 4.78 is 25.9. The summed E-state index contributed by atoms with van der Waals surface area (Å²) in [7, 11) is 1.64. The summed E-state index contributed by atoms with van der Waals surface area (Å²) >= 11 is 1.60. The monoisotopic (exact) mass is 454 g/mol. The number of aromatic nitrogens is 3. The number of halogens is 2. The highest BCUT2D eigenvalue weighted by Crippen LogP contribution is 2.29. The molecule has 0 bridgehead atoms. The number of nitrogens with two attached hydrogens (primary N) is 1. The van der Waals surface area contributed by atoms with E-state index in [1.54, 1.807) is 18.4 Å². The van der Waals surface area contributed by atoms with Crippen LogP contribution in [-0.2, 0) is 17.8 Å². The van der Waals surface area contributed by atoms with Crippen LogP contribution in [0.15, 0.2) is 59.4 Å². The van der Waals surface area contributed by atoms with Crippen molar-refractivity contribution in [1.82, 2.24) is 14.3 Å². The summed E-state index contributed by atoms with van der Waals surface area (Å²) in [6, 6.07) is 11.9. The summed E-state index contributed by atoms with van der Waals surface area (Å²) in [5.74, 6) is 0.792. The van der Waals surface area contributed by atoms with Gasteiger partial charge in [-0.2, -0.15) is 5.10 Å². The number of ether oxygens (including phenoxy) is 2. The van der Waals surface area contributed by atoms with Crippen molar-refractivity contribution in [2.45, 2.75) is 13.1 Å². The van der Waals surface area contributed by atoms with Gasteiger partial charge in [-0.05, 0) is 47.5 Å². The Bertz CT molecular complexity index is 1010. The molecule has 0 spiro atoms. The third-order valence-corrected chi connectivity index (χ3v) is 5.37. The Hall–Kier alpha value is -2.46. The van der Waals surface area contributed by atoms with Gasteiger partial charge in [0.15, 0.2) is 0 Å². The molecule has 0 fully saturated rings. The molecule has 2 aromatic heterocycles. The van der Waals surface area contributed by atoms with Crippen LogP contribution in [0.4, 0.5) is 4.39 Å². The fraction of sp³-hybridized carbons (Fsp3) is 0.300. The van der Waals surface area contributed by atoms with Gasteiger partial charge >= 0.3 is 5.69 Å². The zero-order valence-corrected chi connectivity index (χ0v) is 18.1. The van der Waals surface area contributed by atoms with Gasteiger partial charge in [0, 0.05) is 23.4 Å². The number of thiophene rings is 1. The summed E-state index contributed by atoms with van der Waals surface area (Å²) in [5.41, 5.74) is 6.52. The molecular weight excluding hydrogens is 431 g/mol. The molecule has 0 unspecified atom stereocenters. The minimum Gasteiger partial charge on any atom is -0.491 e. The van der Waals surface area contributed by atoms with Gasteiger partial charge in [0.2, 0.25) is 0 Å². The molecule has 162 valence electrons. The number of benzene rings is 1. The van der Waals surface area contributed by atoms with E-state index in [2.05, 4.69) is 5.10 Å². The van der Waals surface area contributed by atoms with Crippen molar-refractivity contribution in [3.8, 4) is 16.2 Å². The molecule has 0 aliphatic carbocycles. The fourth-order valence-corrected chi connectivity index (χ4v) is 3.68. The first-order valence-electron chi connectivity index (χ1n) is 9.06. The van der Waals surface area contributed by atoms with Crippen LogP contribution < -0.4 is 16.2 Å². The Kier molecular flexibility index (Phi) is 9.25. The molecule has 10 heteroatoms. The van der Waals surface area contributed by atoms with E-state index in [-0.39, 0.29) is 31.2 Å². The fourth-order valence-electron chi connectivity index (χ4n) is 2.67. The predicted octanol–water partition coefficient (Wildman–Crippen LogP) is 3.08. The molecule has 1 aromatic carbocycles. The minimum atomic E-state index is -0.301. The maximum atomic E-state index is 12.7. The van der Waals surface area contributed by atoms with E-state index < -0.39 is 0 Å². The summed E-state index contributed by atoms with van der Waals surface area (Å²) in [5, 5.41) is 4.04. The first kappa shape index (κ1) is 23.8.